The highest BCUT2D eigenvalue weighted by atomic mass is 79.9. The molecule has 2 N–H and O–H groups in total. The van der Waals surface area contributed by atoms with Crippen molar-refractivity contribution in [3.05, 3.63) is 63.1 Å². The summed E-state index contributed by atoms with van der Waals surface area (Å²) in [5.41, 5.74) is 6.19. The number of fused-ring (bicyclic) bond motifs is 1. The van der Waals surface area contributed by atoms with Crippen molar-refractivity contribution < 1.29 is 14.3 Å². The molecule has 7 heteroatoms. The van der Waals surface area contributed by atoms with Gasteiger partial charge in [-0.1, -0.05) is 23.7 Å². The zero-order valence-corrected chi connectivity index (χ0v) is 14.9. The van der Waals surface area contributed by atoms with Crippen molar-refractivity contribution in [3.8, 4) is 5.75 Å². The minimum absolute atomic E-state index is 0.255. The van der Waals surface area contributed by atoms with E-state index in [4.69, 9.17) is 16.3 Å². The van der Waals surface area contributed by atoms with Gasteiger partial charge in [-0.05, 0) is 58.2 Å². The number of carbonyl (C=O) groups excluding carboxylic acids is 2. The van der Waals surface area contributed by atoms with Gasteiger partial charge in [0, 0.05) is 9.50 Å². The summed E-state index contributed by atoms with van der Waals surface area (Å²) in [5, 5.41) is 0.598. The molecule has 0 fully saturated rings. The van der Waals surface area contributed by atoms with Gasteiger partial charge in [-0.2, -0.15) is 0 Å². The van der Waals surface area contributed by atoms with Gasteiger partial charge in [0.15, 0.2) is 0 Å². The minimum atomic E-state index is -0.393. The second-order valence-electron chi connectivity index (χ2n) is 5.39. The van der Waals surface area contributed by atoms with Crippen molar-refractivity contribution in [2.24, 2.45) is 5.92 Å². The van der Waals surface area contributed by atoms with E-state index in [0.29, 0.717) is 21.5 Å². The third kappa shape index (κ3) is 3.71. The maximum absolute atomic E-state index is 12.3. The van der Waals surface area contributed by atoms with E-state index in [1.807, 2.05) is 0 Å². The van der Waals surface area contributed by atoms with Gasteiger partial charge in [-0.25, -0.2) is 0 Å². The van der Waals surface area contributed by atoms with Crippen LogP contribution in [0.3, 0.4) is 0 Å². The Hall–Kier alpha value is -2.05. The number of rotatable bonds is 2. The molecule has 0 saturated carbocycles. The molecule has 3 rings (SSSR count). The molecule has 0 bridgehead atoms. The Balaban J connectivity index is 1.60. The van der Waals surface area contributed by atoms with Gasteiger partial charge in [0.25, 0.3) is 5.91 Å². The highest BCUT2D eigenvalue weighted by Gasteiger charge is 2.26. The molecule has 5 nitrogen and oxygen atoms in total. The Morgan fingerprint density at radius 3 is 2.75 bits per heavy atom. The number of carbonyl (C=O) groups is 2. The van der Waals surface area contributed by atoms with Gasteiger partial charge in [-0.3, -0.25) is 20.4 Å². The first-order chi connectivity index (χ1) is 11.5. The Kier molecular flexibility index (Phi) is 5.06. The predicted molar refractivity (Wildman–Crippen MR) is 93.9 cm³/mol. The summed E-state index contributed by atoms with van der Waals surface area (Å²) in [7, 11) is 0. The van der Waals surface area contributed by atoms with E-state index >= 15 is 0 Å². The molecule has 1 aliphatic heterocycles. The number of hydrogen-bond donors (Lipinski definition) is 2. The van der Waals surface area contributed by atoms with Crippen LogP contribution in [0, 0.1) is 5.92 Å². The van der Waals surface area contributed by atoms with Crippen LogP contribution in [0.4, 0.5) is 0 Å². The number of nitrogens with one attached hydrogen (secondary N) is 2. The SMILES string of the molecule is O=C(NNC(=O)C1COc2ccc(Cl)cc2C1)c1ccccc1Br. The Bertz CT molecular complexity index is 797. The number of amides is 2. The zero-order valence-electron chi connectivity index (χ0n) is 12.5. The van der Waals surface area contributed by atoms with Crippen LogP contribution in [0.25, 0.3) is 0 Å². The minimum Gasteiger partial charge on any atom is -0.492 e. The maximum atomic E-state index is 12.3. The molecule has 1 unspecified atom stereocenters. The van der Waals surface area contributed by atoms with Crippen LogP contribution in [0.1, 0.15) is 15.9 Å². The Labute approximate surface area is 152 Å². The molecule has 0 aromatic heterocycles. The molecule has 0 aliphatic carbocycles. The number of hydrazine groups is 1. The van der Waals surface area contributed by atoms with Gasteiger partial charge < -0.3 is 4.74 Å². The Morgan fingerprint density at radius 1 is 1.17 bits per heavy atom. The van der Waals surface area contributed by atoms with Crippen LogP contribution in [0.2, 0.25) is 5.02 Å². The zero-order chi connectivity index (χ0) is 17.1. The third-order valence-electron chi connectivity index (χ3n) is 3.72. The van der Waals surface area contributed by atoms with E-state index in [-0.39, 0.29) is 12.5 Å². The average Bonchev–Trinajstić information content (AvgIpc) is 2.59. The summed E-state index contributed by atoms with van der Waals surface area (Å²) in [6.07, 6.45) is 0.507. The fourth-order valence-corrected chi connectivity index (χ4v) is 3.12. The topological polar surface area (TPSA) is 67.4 Å². The van der Waals surface area contributed by atoms with Gasteiger partial charge >= 0.3 is 0 Å². The molecule has 2 amide bonds. The summed E-state index contributed by atoms with van der Waals surface area (Å²) in [6.45, 7) is 0.255. The fourth-order valence-electron chi connectivity index (χ4n) is 2.46. The lowest BCUT2D eigenvalue weighted by Gasteiger charge is -2.24. The van der Waals surface area contributed by atoms with Crippen molar-refractivity contribution in [3.63, 3.8) is 0 Å². The van der Waals surface area contributed by atoms with Gasteiger partial charge in [0.2, 0.25) is 5.91 Å². The monoisotopic (exact) mass is 408 g/mol. The summed E-state index contributed by atoms with van der Waals surface area (Å²) >= 11 is 9.27. The molecule has 124 valence electrons. The van der Waals surface area contributed by atoms with E-state index < -0.39 is 11.8 Å². The van der Waals surface area contributed by atoms with Crippen LogP contribution < -0.4 is 15.6 Å². The summed E-state index contributed by atoms with van der Waals surface area (Å²) < 4.78 is 6.24. The van der Waals surface area contributed by atoms with Crippen LogP contribution in [-0.4, -0.2) is 18.4 Å². The van der Waals surface area contributed by atoms with E-state index in [0.717, 1.165) is 11.3 Å². The molecule has 0 saturated heterocycles. The first kappa shape index (κ1) is 16.8. The van der Waals surface area contributed by atoms with E-state index in [1.54, 1.807) is 42.5 Å². The maximum Gasteiger partial charge on any atom is 0.270 e. The van der Waals surface area contributed by atoms with E-state index in [2.05, 4.69) is 26.8 Å². The third-order valence-corrected chi connectivity index (χ3v) is 4.64. The molecule has 1 heterocycles. The highest BCUT2D eigenvalue weighted by Crippen LogP contribution is 2.29. The van der Waals surface area contributed by atoms with Crippen LogP contribution in [-0.2, 0) is 11.2 Å². The highest BCUT2D eigenvalue weighted by molar-refractivity contribution is 9.10. The average molecular weight is 410 g/mol. The standard InChI is InChI=1S/C17H14BrClN2O3/c18-14-4-2-1-3-13(14)17(23)21-20-16(22)11-7-10-8-12(19)5-6-15(10)24-9-11/h1-6,8,11H,7,9H2,(H,20,22)(H,21,23). The van der Waals surface area contributed by atoms with Gasteiger partial charge in [0.05, 0.1) is 11.5 Å². The molecule has 2 aromatic rings. The normalized spacial score (nSPS) is 15.8. The lowest BCUT2D eigenvalue weighted by molar-refractivity contribution is -0.127. The molecular formula is C17H14BrClN2O3. The first-order valence-electron chi connectivity index (χ1n) is 7.30. The van der Waals surface area contributed by atoms with Crippen molar-refractivity contribution in [2.75, 3.05) is 6.61 Å². The van der Waals surface area contributed by atoms with E-state index in [9.17, 15) is 9.59 Å². The summed E-state index contributed by atoms with van der Waals surface area (Å²) in [6, 6.07) is 12.3. The largest absolute Gasteiger partial charge is 0.492 e. The van der Waals surface area contributed by atoms with E-state index in [1.165, 1.54) is 0 Å². The lowest BCUT2D eigenvalue weighted by atomic mass is 9.96. The molecule has 0 spiro atoms. The van der Waals surface area contributed by atoms with Crippen LogP contribution >= 0.6 is 27.5 Å². The second kappa shape index (κ2) is 7.23. The lowest BCUT2D eigenvalue weighted by Crippen LogP contribution is -2.47. The van der Waals surface area contributed by atoms with Gasteiger partial charge in [-0.15, -0.1) is 0 Å². The molecule has 1 aliphatic rings. The number of halogens is 2. The first-order valence-corrected chi connectivity index (χ1v) is 8.47. The fraction of sp³-hybridized carbons (Fsp3) is 0.176. The second-order valence-corrected chi connectivity index (χ2v) is 6.68. The number of benzene rings is 2. The number of ether oxygens (including phenoxy) is 1. The predicted octanol–water partition coefficient (Wildman–Crippen LogP) is 3.11. The van der Waals surface area contributed by atoms with Crippen LogP contribution in [0.15, 0.2) is 46.9 Å². The van der Waals surface area contributed by atoms with Crippen molar-refractivity contribution in [2.45, 2.75) is 6.42 Å². The summed E-state index contributed by atoms with van der Waals surface area (Å²) in [4.78, 5) is 24.4. The quantitative estimate of drug-likeness (QED) is 0.749. The molecule has 2 aromatic carbocycles. The molecular weight excluding hydrogens is 396 g/mol. The number of hydrogen-bond acceptors (Lipinski definition) is 3. The summed E-state index contributed by atoms with van der Waals surface area (Å²) in [5.74, 6) is -0.354. The van der Waals surface area contributed by atoms with Gasteiger partial charge in [0.1, 0.15) is 12.4 Å². The smallest absolute Gasteiger partial charge is 0.270 e. The molecule has 0 radical (unpaired) electrons. The van der Waals surface area contributed by atoms with Crippen molar-refractivity contribution in [1.82, 2.24) is 10.9 Å². The molecule has 1 atom stereocenters. The van der Waals surface area contributed by atoms with Crippen LogP contribution in [0.5, 0.6) is 5.75 Å². The molecule has 24 heavy (non-hydrogen) atoms. The Morgan fingerprint density at radius 2 is 1.96 bits per heavy atom. The van der Waals surface area contributed by atoms with Crippen molar-refractivity contribution in [1.29, 1.82) is 0 Å². The van der Waals surface area contributed by atoms with Crippen molar-refractivity contribution >= 4 is 39.3 Å².